The SMILES string of the molecule is CC(C)CNC(=O)[C@H](C)N(Cc1ccccc1Cl)C(=O)CN(c1cccc(Cl)c1Cl)S(=O)(=O)c1ccccc1. The molecule has 7 nitrogen and oxygen atoms in total. The third-order valence-electron chi connectivity index (χ3n) is 5.96. The van der Waals surface area contributed by atoms with E-state index in [1.807, 2.05) is 13.8 Å². The topological polar surface area (TPSA) is 86.8 Å². The molecule has 0 aliphatic heterocycles. The molecule has 0 aliphatic carbocycles. The highest BCUT2D eigenvalue weighted by atomic mass is 35.5. The van der Waals surface area contributed by atoms with E-state index in [-0.39, 0.29) is 39.0 Å². The molecule has 2 amide bonds. The fraction of sp³-hybridized carbons (Fsp3) is 0.286. The van der Waals surface area contributed by atoms with Crippen LogP contribution in [0.15, 0.2) is 77.7 Å². The van der Waals surface area contributed by atoms with E-state index in [4.69, 9.17) is 34.8 Å². The second kappa shape index (κ2) is 13.5. The van der Waals surface area contributed by atoms with Crippen LogP contribution < -0.4 is 9.62 Å². The van der Waals surface area contributed by atoms with Gasteiger partial charge in [0.25, 0.3) is 10.0 Å². The first-order valence-corrected chi connectivity index (χ1v) is 14.8. The van der Waals surface area contributed by atoms with Crippen LogP contribution in [-0.4, -0.2) is 44.3 Å². The van der Waals surface area contributed by atoms with Gasteiger partial charge in [-0.15, -0.1) is 0 Å². The minimum atomic E-state index is -4.25. The number of benzene rings is 3. The van der Waals surface area contributed by atoms with Gasteiger partial charge >= 0.3 is 0 Å². The zero-order valence-corrected chi connectivity index (χ0v) is 24.9. The van der Waals surface area contributed by atoms with Gasteiger partial charge in [0.05, 0.1) is 20.6 Å². The highest BCUT2D eigenvalue weighted by Gasteiger charge is 2.33. The standard InChI is InChI=1S/C28H30Cl3N3O4S/c1-19(2)16-32-28(36)20(3)33(17-21-10-7-8-13-23(21)29)26(35)18-34(25-15-9-14-24(30)27(25)31)39(37,38)22-11-5-4-6-12-22/h4-15,19-20H,16-18H2,1-3H3,(H,32,36)/t20-/m0/s1. The Morgan fingerprint density at radius 2 is 1.46 bits per heavy atom. The first-order chi connectivity index (χ1) is 18.4. The number of anilines is 1. The van der Waals surface area contributed by atoms with E-state index in [9.17, 15) is 18.0 Å². The van der Waals surface area contributed by atoms with Crippen LogP contribution in [0.4, 0.5) is 5.69 Å². The van der Waals surface area contributed by atoms with Crippen LogP contribution in [0.2, 0.25) is 15.1 Å². The number of carbonyl (C=O) groups excluding carboxylic acids is 2. The van der Waals surface area contributed by atoms with Crippen molar-refractivity contribution in [3.63, 3.8) is 0 Å². The predicted molar refractivity (Wildman–Crippen MR) is 157 cm³/mol. The van der Waals surface area contributed by atoms with Gasteiger partial charge in [-0.25, -0.2) is 8.42 Å². The molecule has 1 atom stereocenters. The second-order valence-electron chi connectivity index (χ2n) is 9.33. The second-order valence-corrected chi connectivity index (χ2v) is 12.4. The Morgan fingerprint density at radius 3 is 2.10 bits per heavy atom. The molecule has 3 aromatic rings. The smallest absolute Gasteiger partial charge is 0.264 e. The van der Waals surface area contributed by atoms with E-state index < -0.39 is 28.5 Å². The lowest BCUT2D eigenvalue weighted by Crippen LogP contribution is -2.51. The summed E-state index contributed by atoms with van der Waals surface area (Å²) in [7, 11) is -4.25. The van der Waals surface area contributed by atoms with E-state index >= 15 is 0 Å². The lowest BCUT2D eigenvalue weighted by Gasteiger charge is -2.32. The van der Waals surface area contributed by atoms with E-state index in [1.165, 1.54) is 29.2 Å². The first-order valence-electron chi connectivity index (χ1n) is 12.3. The largest absolute Gasteiger partial charge is 0.354 e. The first kappa shape index (κ1) is 30.8. The summed E-state index contributed by atoms with van der Waals surface area (Å²) in [6.07, 6.45) is 0. The zero-order valence-electron chi connectivity index (χ0n) is 21.8. The van der Waals surface area contributed by atoms with Crippen LogP contribution >= 0.6 is 34.8 Å². The van der Waals surface area contributed by atoms with Gasteiger partial charge in [0.15, 0.2) is 0 Å². The molecule has 208 valence electrons. The Labute approximate surface area is 244 Å². The summed E-state index contributed by atoms with van der Waals surface area (Å²) in [4.78, 5) is 28.2. The van der Waals surface area contributed by atoms with E-state index in [0.29, 0.717) is 17.1 Å². The zero-order chi connectivity index (χ0) is 28.7. The summed E-state index contributed by atoms with van der Waals surface area (Å²) in [6.45, 7) is 5.27. The fourth-order valence-corrected chi connectivity index (χ4v) is 5.85. The maximum atomic E-state index is 13.9. The van der Waals surface area contributed by atoms with Crippen molar-refractivity contribution in [2.45, 2.75) is 38.3 Å². The van der Waals surface area contributed by atoms with Gasteiger partial charge in [0.1, 0.15) is 12.6 Å². The van der Waals surface area contributed by atoms with E-state index in [1.54, 1.807) is 55.5 Å². The van der Waals surface area contributed by atoms with Crippen LogP contribution in [0.3, 0.4) is 0 Å². The number of nitrogens with one attached hydrogen (secondary N) is 1. The molecule has 39 heavy (non-hydrogen) atoms. The minimum absolute atomic E-state index is 0.0166. The number of nitrogens with zero attached hydrogens (tertiary/aromatic N) is 2. The molecule has 0 spiro atoms. The summed E-state index contributed by atoms with van der Waals surface area (Å²) in [5, 5.41) is 3.36. The molecular weight excluding hydrogens is 581 g/mol. The quantitative estimate of drug-likeness (QED) is 0.287. The minimum Gasteiger partial charge on any atom is -0.354 e. The summed E-state index contributed by atoms with van der Waals surface area (Å²) in [5.41, 5.74) is 0.644. The van der Waals surface area contributed by atoms with Gasteiger partial charge in [0, 0.05) is 18.1 Å². The highest BCUT2D eigenvalue weighted by Crippen LogP contribution is 2.35. The van der Waals surface area contributed by atoms with Crippen LogP contribution in [0.25, 0.3) is 0 Å². The van der Waals surface area contributed by atoms with Gasteiger partial charge in [-0.05, 0) is 48.7 Å². The third kappa shape index (κ3) is 7.66. The Hall–Kier alpha value is -2.78. The van der Waals surface area contributed by atoms with Crippen molar-refractivity contribution in [3.8, 4) is 0 Å². The van der Waals surface area contributed by atoms with Crippen LogP contribution in [0.1, 0.15) is 26.3 Å². The Balaban J connectivity index is 2.05. The van der Waals surface area contributed by atoms with Crippen molar-refractivity contribution in [3.05, 3.63) is 93.4 Å². The van der Waals surface area contributed by atoms with Crippen LogP contribution in [-0.2, 0) is 26.2 Å². The number of carbonyl (C=O) groups is 2. The van der Waals surface area contributed by atoms with Crippen LogP contribution in [0.5, 0.6) is 0 Å². The summed E-state index contributed by atoms with van der Waals surface area (Å²) >= 11 is 19.0. The van der Waals surface area contributed by atoms with Gasteiger partial charge in [-0.1, -0.05) is 91.1 Å². The molecule has 3 aromatic carbocycles. The van der Waals surface area contributed by atoms with Crippen molar-refractivity contribution >= 4 is 62.3 Å². The third-order valence-corrected chi connectivity index (χ3v) is 8.91. The number of halogens is 3. The molecule has 0 radical (unpaired) electrons. The summed E-state index contributed by atoms with van der Waals surface area (Å²) in [6, 6.07) is 18.3. The highest BCUT2D eigenvalue weighted by molar-refractivity contribution is 7.92. The number of hydrogen-bond donors (Lipinski definition) is 1. The van der Waals surface area contributed by atoms with Crippen LogP contribution in [0, 0.1) is 5.92 Å². The monoisotopic (exact) mass is 609 g/mol. The molecule has 0 saturated heterocycles. The van der Waals surface area contributed by atoms with Crippen molar-refractivity contribution in [2.75, 3.05) is 17.4 Å². The maximum Gasteiger partial charge on any atom is 0.264 e. The average molecular weight is 611 g/mol. The summed E-state index contributed by atoms with van der Waals surface area (Å²) in [5.74, 6) is -0.801. The molecule has 1 N–H and O–H groups in total. The molecule has 0 fully saturated rings. The lowest BCUT2D eigenvalue weighted by molar-refractivity contribution is -0.139. The van der Waals surface area contributed by atoms with E-state index in [2.05, 4.69) is 5.32 Å². The lowest BCUT2D eigenvalue weighted by atomic mass is 10.1. The van der Waals surface area contributed by atoms with Crippen molar-refractivity contribution < 1.29 is 18.0 Å². The number of hydrogen-bond acceptors (Lipinski definition) is 4. The Bertz CT molecular complexity index is 1420. The molecule has 3 rings (SSSR count). The molecule has 0 aliphatic rings. The van der Waals surface area contributed by atoms with Gasteiger partial charge in [0.2, 0.25) is 11.8 Å². The summed E-state index contributed by atoms with van der Waals surface area (Å²) < 4.78 is 28.5. The molecule has 0 unspecified atom stereocenters. The molecule has 0 heterocycles. The molecule has 0 aromatic heterocycles. The molecule has 0 bridgehead atoms. The van der Waals surface area contributed by atoms with E-state index in [0.717, 1.165) is 4.31 Å². The Morgan fingerprint density at radius 1 is 0.846 bits per heavy atom. The van der Waals surface area contributed by atoms with Crippen molar-refractivity contribution in [2.24, 2.45) is 5.92 Å². The van der Waals surface area contributed by atoms with Gasteiger partial charge in [-0.3, -0.25) is 13.9 Å². The number of sulfonamides is 1. The normalized spacial score (nSPS) is 12.2. The molecule has 11 heteroatoms. The van der Waals surface area contributed by atoms with Gasteiger partial charge < -0.3 is 10.2 Å². The van der Waals surface area contributed by atoms with Crippen molar-refractivity contribution in [1.82, 2.24) is 10.2 Å². The van der Waals surface area contributed by atoms with Gasteiger partial charge in [-0.2, -0.15) is 0 Å². The predicted octanol–water partition coefficient (Wildman–Crippen LogP) is 6.03. The number of amides is 2. The molecular formula is C28H30Cl3N3O4S. The Kier molecular flexibility index (Phi) is 10.7. The van der Waals surface area contributed by atoms with Crippen molar-refractivity contribution in [1.29, 1.82) is 0 Å². The number of rotatable bonds is 11. The maximum absolute atomic E-state index is 13.9. The fourth-order valence-electron chi connectivity index (χ4n) is 3.76. The average Bonchev–Trinajstić information content (AvgIpc) is 2.91. The molecule has 0 saturated carbocycles.